The van der Waals surface area contributed by atoms with E-state index in [1.165, 1.54) is 37.3 Å². The van der Waals surface area contributed by atoms with E-state index >= 15 is 0 Å². The number of nitrogens with one attached hydrogen (secondary N) is 2. The lowest BCUT2D eigenvalue weighted by Gasteiger charge is -2.23. The maximum Gasteiger partial charge on any atom is 0.255 e. The molecule has 0 bridgehead atoms. The van der Waals surface area contributed by atoms with Crippen LogP contribution in [0.4, 0.5) is 0 Å². The Kier molecular flexibility index (Phi) is 3.58. The van der Waals surface area contributed by atoms with Gasteiger partial charge in [-0.3, -0.25) is 0 Å². The van der Waals surface area contributed by atoms with Crippen molar-refractivity contribution in [2.45, 2.75) is 25.8 Å². The first-order valence-corrected chi connectivity index (χ1v) is 7.28. The second-order valence-corrected chi connectivity index (χ2v) is 5.72. The van der Waals surface area contributed by atoms with Crippen molar-refractivity contribution in [2.75, 3.05) is 13.1 Å². The second-order valence-electron chi connectivity index (χ2n) is 5.31. The molecule has 1 saturated heterocycles. The predicted octanol–water partition coefficient (Wildman–Crippen LogP) is 1.58. The van der Waals surface area contributed by atoms with Gasteiger partial charge < -0.3 is 10.0 Å². The third-order valence-electron chi connectivity index (χ3n) is 3.96. The Hall–Kier alpha value is -1.32. The van der Waals surface area contributed by atoms with E-state index in [2.05, 4.69) is 4.98 Å². The van der Waals surface area contributed by atoms with Crippen molar-refractivity contribution >= 4 is 22.5 Å². The molecule has 0 spiro atoms. The van der Waals surface area contributed by atoms with Crippen LogP contribution in [0, 0.1) is 0 Å². The average molecular weight is 279 g/mol. The Labute approximate surface area is 117 Å². The number of aromatic nitrogens is 1. The first-order valence-electron chi connectivity index (χ1n) is 6.90. The standard InChI is InChI=1S/C15H17ClN2O/c16-13-9-11(10-18-7-2-1-3-8-18)15(19)14-12(13)5-4-6-17-14/h4-6,9,19H,1-3,7-8,10H2/p+2. The maximum atomic E-state index is 10.4. The Morgan fingerprint density at radius 3 is 2.84 bits per heavy atom. The number of aromatic amines is 1. The number of H-pyrrole nitrogens is 1. The predicted molar refractivity (Wildman–Crippen MR) is 75.4 cm³/mol. The third kappa shape index (κ3) is 2.53. The highest BCUT2D eigenvalue weighted by molar-refractivity contribution is 6.35. The Bertz CT molecular complexity index is 594. The van der Waals surface area contributed by atoms with Gasteiger partial charge in [-0.15, -0.1) is 0 Å². The minimum atomic E-state index is 0.345. The van der Waals surface area contributed by atoms with Gasteiger partial charge in [-0.25, -0.2) is 4.98 Å². The number of pyridine rings is 1. The van der Waals surface area contributed by atoms with E-state index in [9.17, 15) is 5.11 Å². The lowest BCUT2D eigenvalue weighted by atomic mass is 10.1. The van der Waals surface area contributed by atoms with Crippen LogP contribution in [-0.2, 0) is 6.54 Å². The van der Waals surface area contributed by atoms with Crippen LogP contribution in [0.1, 0.15) is 24.8 Å². The van der Waals surface area contributed by atoms with E-state index in [4.69, 9.17) is 11.6 Å². The van der Waals surface area contributed by atoms with Gasteiger partial charge in [0.25, 0.3) is 5.52 Å². The SMILES string of the molecule is Oc1c(C[NH+]2CCCCC2)cc(Cl)c2ccc[nH+]c12. The summed E-state index contributed by atoms with van der Waals surface area (Å²) in [5, 5.41) is 12.0. The number of aromatic hydroxyl groups is 1. The Balaban J connectivity index is 1.97. The van der Waals surface area contributed by atoms with Crippen molar-refractivity contribution in [1.29, 1.82) is 0 Å². The zero-order valence-electron chi connectivity index (χ0n) is 10.9. The lowest BCUT2D eigenvalue weighted by molar-refractivity contribution is -0.918. The van der Waals surface area contributed by atoms with Gasteiger partial charge >= 0.3 is 0 Å². The number of quaternary nitrogens is 1. The smallest absolute Gasteiger partial charge is 0.255 e. The number of halogens is 1. The minimum Gasteiger partial charge on any atom is -0.502 e. The molecule has 0 aliphatic carbocycles. The van der Waals surface area contributed by atoms with Crippen LogP contribution < -0.4 is 9.88 Å². The van der Waals surface area contributed by atoms with E-state index in [-0.39, 0.29) is 0 Å². The molecule has 1 aliphatic rings. The lowest BCUT2D eigenvalue weighted by Crippen LogP contribution is -3.11. The second kappa shape index (κ2) is 5.35. The number of rotatable bonds is 2. The van der Waals surface area contributed by atoms with Gasteiger partial charge in [0.1, 0.15) is 6.54 Å². The maximum absolute atomic E-state index is 10.4. The summed E-state index contributed by atoms with van der Waals surface area (Å²) in [6, 6.07) is 5.73. The fraction of sp³-hybridized carbons (Fsp3) is 0.400. The molecule has 3 nitrogen and oxygen atoms in total. The van der Waals surface area contributed by atoms with Gasteiger partial charge in [0.2, 0.25) is 0 Å². The molecule has 0 saturated carbocycles. The summed E-state index contributed by atoms with van der Waals surface area (Å²) in [7, 11) is 0. The molecule has 19 heavy (non-hydrogen) atoms. The van der Waals surface area contributed by atoms with Crippen molar-refractivity contribution in [3.05, 3.63) is 35.0 Å². The van der Waals surface area contributed by atoms with Crippen molar-refractivity contribution in [3.8, 4) is 5.75 Å². The van der Waals surface area contributed by atoms with Crippen LogP contribution in [-0.4, -0.2) is 18.2 Å². The van der Waals surface area contributed by atoms with Gasteiger partial charge in [-0.1, -0.05) is 11.6 Å². The zero-order valence-corrected chi connectivity index (χ0v) is 11.6. The molecule has 1 aromatic carbocycles. The van der Waals surface area contributed by atoms with Crippen molar-refractivity contribution < 1.29 is 15.0 Å². The van der Waals surface area contributed by atoms with Gasteiger partial charge in [0.15, 0.2) is 11.9 Å². The monoisotopic (exact) mass is 278 g/mol. The molecule has 100 valence electrons. The summed E-state index contributed by atoms with van der Waals surface area (Å²) in [4.78, 5) is 4.63. The largest absolute Gasteiger partial charge is 0.502 e. The molecule has 0 amide bonds. The van der Waals surface area contributed by atoms with Crippen molar-refractivity contribution in [2.24, 2.45) is 0 Å². The highest BCUT2D eigenvalue weighted by Crippen LogP contribution is 2.31. The third-order valence-corrected chi connectivity index (χ3v) is 4.27. The number of benzene rings is 1. The molecule has 1 aromatic heterocycles. The molecule has 1 aliphatic heterocycles. The summed E-state index contributed by atoms with van der Waals surface area (Å²) in [5.74, 6) is 0.345. The quantitative estimate of drug-likeness (QED) is 0.860. The van der Waals surface area contributed by atoms with Gasteiger partial charge in [0.05, 0.1) is 29.1 Å². The molecule has 2 aromatic rings. The van der Waals surface area contributed by atoms with E-state index in [1.807, 2.05) is 24.4 Å². The summed E-state index contributed by atoms with van der Waals surface area (Å²) in [5.41, 5.74) is 1.68. The molecular weight excluding hydrogens is 260 g/mol. The molecule has 0 unspecified atom stereocenters. The highest BCUT2D eigenvalue weighted by Gasteiger charge is 2.20. The normalized spacial score (nSPS) is 16.9. The van der Waals surface area contributed by atoms with Crippen molar-refractivity contribution in [3.63, 3.8) is 0 Å². The van der Waals surface area contributed by atoms with Crippen LogP contribution in [0.3, 0.4) is 0 Å². The number of hydrogen-bond donors (Lipinski definition) is 2. The number of hydrogen-bond acceptors (Lipinski definition) is 1. The fourth-order valence-corrected chi connectivity index (χ4v) is 3.21. The topological polar surface area (TPSA) is 38.8 Å². The van der Waals surface area contributed by atoms with Crippen LogP contribution in [0.5, 0.6) is 5.75 Å². The van der Waals surface area contributed by atoms with Gasteiger partial charge in [-0.2, -0.15) is 0 Å². The van der Waals surface area contributed by atoms with E-state index in [0.717, 1.165) is 23.0 Å². The van der Waals surface area contributed by atoms with Crippen molar-refractivity contribution in [1.82, 2.24) is 0 Å². The van der Waals surface area contributed by atoms with Gasteiger partial charge in [0, 0.05) is 6.07 Å². The number of piperidine rings is 1. The van der Waals surface area contributed by atoms with Crippen LogP contribution >= 0.6 is 11.6 Å². The molecular formula is C15H19ClN2O+2. The first-order chi connectivity index (χ1) is 9.25. The highest BCUT2D eigenvalue weighted by atomic mass is 35.5. The Morgan fingerprint density at radius 2 is 2.05 bits per heavy atom. The van der Waals surface area contributed by atoms with Crippen LogP contribution in [0.2, 0.25) is 5.02 Å². The number of phenols is 1. The van der Waals surface area contributed by atoms with E-state index in [0.29, 0.717) is 10.8 Å². The zero-order chi connectivity index (χ0) is 13.2. The molecule has 3 N–H and O–H groups in total. The van der Waals surface area contributed by atoms with Crippen LogP contribution in [0.25, 0.3) is 10.9 Å². The Morgan fingerprint density at radius 1 is 1.26 bits per heavy atom. The first kappa shape index (κ1) is 12.7. The number of phenolic OH excluding ortho intramolecular Hbond substituents is 1. The molecule has 0 radical (unpaired) electrons. The fourth-order valence-electron chi connectivity index (χ4n) is 2.92. The molecule has 4 heteroatoms. The average Bonchev–Trinajstić information content (AvgIpc) is 2.46. The minimum absolute atomic E-state index is 0.345. The van der Waals surface area contributed by atoms with Crippen LogP contribution in [0.15, 0.2) is 24.4 Å². The molecule has 2 heterocycles. The molecule has 3 rings (SSSR count). The summed E-state index contributed by atoms with van der Waals surface area (Å²) in [6.07, 6.45) is 5.71. The number of fused-ring (bicyclic) bond motifs is 1. The van der Waals surface area contributed by atoms with E-state index in [1.54, 1.807) is 0 Å². The number of likely N-dealkylation sites (tertiary alicyclic amines) is 1. The summed E-state index contributed by atoms with van der Waals surface area (Å²) >= 11 is 6.31. The van der Waals surface area contributed by atoms with Gasteiger partial charge in [-0.05, 0) is 31.4 Å². The molecule has 0 atom stereocenters. The summed E-state index contributed by atoms with van der Waals surface area (Å²) < 4.78 is 0. The summed E-state index contributed by atoms with van der Waals surface area (Å²) in [6.45, 7) is 3.23. The molecule has 1 fully saturated rings. The van der Waals surface area contributed by atoms with E-state index < -0.39 is 0 Å².